The third-order valence-electron chi connectivity index (χ3n) is 4.79. The minimum Gasteiger partial charge on any atom is -0.472 e. The standard InChI is InChI=1S/C17H23N5O/c1-10-5-11(2)22(20-10)14-7-21(8-14)9-15-6-16-12(3)18-13(4)19-17(16)23-15/h5,14-15H,6-9H2,1-4H3. The number of ether oxygens (including phenoxy) is 1. The van der Waals surface area contributed by atoms with Crippen molar-refractivity contribution in [1.82, 2.24) is 24.6 Å². The van der Waals surface area contributed by atoms with Crippen molar-refractivity contribution in [2.24, 2.45) is 0 Å². The normalized spacial score (nSPS) is 21.1. The Hall–Kier alpha value is -1.95. The molecular formula is C17H23N5O. The lowest BCUT2D eigenvalue weighted by molar-refractivity contribution is 0.0553. The highest BCUT2D eigenvalue weighted by Crippen LogP contribution is 2.31. The summed E-state index contributed by atoms with van der Waals surface area (Å²) in [4.78, 5) is 11.3. The van der Waals surface area contributed by atoms with Crippen molar-refractivity contribution in [3.8, 4) is 5.88 Å². The molecule has 1 fully saturated rings. The number of hydrogen-bond acceptors (Lipinski definition) is 5. The molecule has 4 rings (SSSR count). The van der Waals surface area contributed by atoms with E-state index in [4.69, 9.17) is 4.74 Å². The van der Waals surface area contributed by atoms with Crippen LogP contribution in [-0.4, -0.2) is 50.4 Å². The number of hydrogen-bond donors (Lipinski definition) is 0. The second-order valence-corrected chi connectivity index (χ2v) is 6.83. The van der Waals surface area contributed by atoms with Crippen molar-refractivity contribution in [3.05, 3.63) is 34.5 Å². The van der Waals surface area contributed by atoms with Gasteiger partial charge in [0.15, 0.2) is 0 Å². The lowest BCUT2D eigenvalue weighted by atomic mass is 10.1. The molecule has 0 radical (unpaired) electrons. The first-order chi connectivity index (χ1) is 11.0. The summed E-state index contributed by atoms with van der Waals surface area (Å²) in [5.74, 6) is 1.58. The van der Waals surface area contributed by atoms with Gasteiger partial charge in [-0.1, -0.05) is 0 Å². The molecule has 2 aromatic rings. The number of aromatic nitrogens is 4. The molecule has 0 amide bonds. The van der Waals surface area contributed by atoms with Gasteiger partial charge in [-0.15, -0.1) is 0 Å². The summed E-state index contributed by atoms with van der Waals surface area (Å²) in [7, 11) is 0. The van der Waals surface area contributed by atoms with E-state index >= 15 is 0 Å². The monoisotopic (exact) mass is 313 g/mol. The summed E-state index contributed by atoms with van der Waals surface area (Å²) in [5.41, 5.74) is 4.58. The first-order valence-corrected chi connectivity index (χ1v) is 8.25. The molecule has 122 valence electrons. The summed E-state index contributed by atoms with van der Waals surface area (Å²) in [5, 5.41) is 4.59. The molecule has 4 heterocycles. The largest absolute Gasteiger partial charge is 0.472 e. The van der Waals surface area contributed by atoms with Crippen LogP contribution in [0.4, 0.5) is 0 Å². The zero-order valence-corrected chi connectivity index (χ0v) is 14.2. The molecule has 0 bridgehead atoms. The van der Waals surface area contributed by atoms with Gasteiger partial charge in [-0.25, -0.2) is 4.98 Å². The summed E-state index contributed by atoms with van der Waals surface area (Å²) >= 11 is 0. The topological polar surface area (TPSA) is 56.1 Å². The molecule has 2 aliphatic heterocycles. The van der Waals surface area contributed by atoms with Crippen molar-refractivity contribution in [1.29, 1.82) is 0 Å². The second-order valence-electron chi connectivity index (χ2n) is 6.83. The van der Waals surface area contributed by atoms with E-state index in [1.807, 2.05) is 13.8 Å². The molecule has 6 nitrogen and oxygen atoms in total. The van der Waals surface area contributed by atoms with Gasteiger partial charge in [-0.2, -0.15) is 10.1 Å². The molecule has 0 spiro atoms. The van der Waals surface area contributed by atoms with Crippen molar-refractivity contribution in [2.45, 2.75) is 46.3 Å². The number of nitrogens with zero attached hydrogens (tertiary/aromatic N) is 5. The van der Waals surface area contributed by atoms with E-state index in [9.17, 15) is 0 Å². The first kappa shape index (κ1) is 14.6. The van der Waals surface area contributed by atoms with Crippen LogP contribution in [0.5, 0.6) is 5.88 Å². The van der Waals surface area contributed by atoms with Gasteiger partial charge >= 0.3 is 0 Å². The quantitative estimate of drug-likeness (QED) is 0.864. The molecule has 1 unspecified atom stereocenters. The minimum absolute atomic E-state index is 0.196. The van der Waals surface area contributed by atoms with Crippen LogP contribution in [0.15, 0.2) is 6.07 Å². The van der Waals surface area contributed by atoms with Crippen LogP contribution in [0, 0.1) is 27.7 Å². The maximum Gasteiger partial charge on any atom is 0.220 e. The highest BCUT2D eigenvalue weighted by Gasteiger charge is 2.34. The molecule has 2 aliphatic rings. The SMILES string of the molecule is Cc1cc(C)n(C2CN(CC3Cc4c(C)nc(C)nc4O3)C2)n1. The second kappa shape index (κ2) is 5.30. The Bertz CT molecular complexity index is 748. The summed E-state index contributed by atoms with van der Waals surface area (Å²) in [6.07, 6.45) is 1.11. The fourth-order valence-corrected chi connectivity index (χ4v) is 3.72. The average molecular weight is 313 g/mol. The Morgan fingerprint density at radius 2 is 1.96 bits per heavy atom. The lowest BCUT2D eigenvalue weighted by Gasteiger charge is -2.40. The Morgan fingerprint density at radius 3 is 2.65 bits per heavy atom. The van der Waals surface area contributed by atoms with E-state index in [2.05, 4.69) is 44.6 Å². The molecule has 2 aromatic heterocycles. The van der Waals surface area contributed by atoms with Gasteiger partial charge in [0.2, 0.25) is 5.88 Å². The molecule has 0 N–H and O–H groups in total. The Morgan fingerprint density at radius 1 is 1.17 bits per heavy atom. The predicted octanol–water partition coefficient (Wildman–Crippen LogP) is 1.77. The zero-order chi connectivity index (χ0) is 16.1. The zero-order valence-electron chi connectivity index (χ0n) is 14.2. The van der Waals surface area contributed by atoms with Crippen molar-refractivity contribution in [3.63, 3.8) is 0 Å². The van der Waals surface area contributed by atoms with E-state index in [1.165, 1.54) is 11.3 Å². The van der Waals surface area contributed by atoms with Gasteiger partial charge < -0.3 is 4.74 Å². The van der Waals surface area contributed by atoms with E-state index < -0.39 is 0 Å². The van der Waals surface area contributed by atoms with Crippen molar-refractivity contribution < 1.29 is 4.74 Å². The van der Waals surface area contributed by atoms with Gasteiger partial charge in [-0.05, 0) is 33.8 Å². The van der Waals surface area contributed by atoms with Gasteiger partial charge in [0.25, 0.3) is 0 Å². The van der Waals surface area contributed by atoms with Crippen LogP contribution in [-0.2, 0) is 6.42 Å². The van der Waals surface area contributed by atoms with Crippen LogP contribution in [0.25, 0.3) is 0 Å². The third kappa shape index (κ3) is 2.61. The molecule has 0 saturated carbocycles. The third-order valence-corrected chi connectivity index (χ3v) is 4.79. The van der Waals surface area contributed by atoms with Gasteiger partial charge in [0.1, 0.15) is 11.9 Å². The molecular weight excluding hydrogens is 290 g/mol. The van der Waals surface area contributed by atoms with E-state index in [1.54, 1.807) is 0 Å². The van der Waals surface area contributed by atoms with E-state index in [-0.39, 0.29) is 6.10 Å². The van der Waals surface area contributed by atoms with Crippen LogP contribution >= 0.6 is 0 Å². The van der Waals surface area contributed by atoms with Crippen LogP contribution in [0.3, 0.4) is 0 Å². The first-order valence-electron chi connectivity index (χ1n) is 8.25. The Labute approximate surface area is 136 Å². The number of rotatable bonds is 3. The number of aryl methyl sites for hydroxylation is 4. The number of fused-ring (bicyclic) bond motifs is 1. The van der Waals surface area contributed by atoms with Gasteiger partial charge in [0.05, 0.1) is 11.7 Å². The van der Waals surface area contributed by atoms with E-state index in [0.29, 0.717) is 6.04 Å². The molecule has 1 saturated heterocycles. The van der Waals surface area contributed by atoms with Gasteiger partial charge in [0, 0.05) is 43.0 Å². The minimum atomic E-state index is 0.196. The summed E-state index contributed by atoms with van der Waals surface area (Å²) in [6, 6.07) is 2.64. The fourth-order valence-electron chi connectivity index (χ4n) is 3.72. The van der Waals surface area contributed by atoms with Crippen molar-refractivity contribution in [2.75, 3.05) is 19.6 Å². The average Bonchev–Trinajstić information content (AvgIpc) is 2.96. The molecule has 23 heavy (non-hydrogen) atoms. The van der Waals surface area contributed by atoms with Crippen molar-refractivity contribution >= 4 is 0 Å². The van der Waals surface area contributed by atoms with Crippen LogP contribution < -0.4 is 4.74 Å². The molecule has 0 aliphatic carbocycles. The van der Waals surface area contributed by atoms with Gasteiger partial charge in [-0.3, -0.25) is 9.58 Å². The van der Waals surface area contributed by atoms with Crippen LogP contribution in [0.2, 0.25) is 0 Å². The lowest BCUT2D eigenvalue weighted by Crippen LogP contribution is -2.51. The summed E-state index contributed by atoms with van der Waals surface area (Å²) < 4.78 is 8.19. The maximum absolute atomic E-state index is 6.03. The maximum atomic E-state index is 6.03. The Balaban J connectivity index is 1.35. The number of likely N-dealkylation sites (tertiary alicyclic amines) is 1. The molecule has 0 aromatic carbocycles. The highest BCUT2D eigenvalue weighted by molar-refractivity contribution is 5.34. The summed E-state index contributed by atoms with van der Waals surface area (Å²) in [6.45, 7) is 11.2. The predicted molar refractivity (Wildman–Crippen MR) is 86.8 cm³/mol. The highest BCUT2D eigenvalue weighted by atomic mass is 16.5. The Kier molecular flexibility index (Phi) is 3.37. The van der Waals surface area contributed by atoms with E-state index in [0.717, 1.165) is 49.1 Å². The fraction of sp³-hybridized carbons (Fsp3) is 0.588. The molecule has 6 heteroatoms. The van der Waals surface area contributed by atoms with Crippen LogP contribution in [0.1, 0.15) is 34.5 Å². The smallest absolute Gasteiger partial charge is 0.220 e. The molecule has 1 atom stereocenters.